The van der Waals surface area contributed by atoms with Crippen LogP contribution in [0.1, 0.15) is 39.8 Å². The summed E-state index contributed by atoms with van der Waals surface area (Å²) in [6, 6.07) is 0. The SMILES string of the molecule is CCC(C)(C)C[C@]12COC(C(n3cnc4c(N)ncnc43)O1)C2O. The molecule has 2 aromatic heterocycles. The number of aliphatic hydroxyl groups excluding tert-OH is 1. The Hall–Kier alpha value is -1.77. The van der Waals surface area contributed by atoms with Crippen molar-refractivity contribution < 1.29 is 14.6 Å². The number of fused-ring (bicyclic) bond motifs is 3. The predicted octanol–water partition coefficient (Wildman–Crippen LogP) is 1.26. The zero-order chi connectivity index (χ0) is 17.1. The monoisotopic (exact) mass is 333 g/mol. The molecule has 0 aliphatic carbocycles. The van der Waals surface area contributed by atoms with E-state index in [9.17, 15) is 5.11 Å². The molecular weight excluding hydrogens is 310 g/mol. The van der Waals surface area contributed by atoms with Gasteiger partial charge in [-0.25, -0.2) is 15.0 Å². The van der Waals surface area contributed by atoms with E-state index in [-0.39, 0.29) is 5.41 Å². The number of aliphatic hydroxyl groups is 1. The van der Waals surface area contributed by atoms with Crippen LogP contribution in [0.2, 0.25) is 0 Å². The molecule has 24 heavy (non-hydrogen) atoms. The minimum absolute atomic E-state index is 0.0533. The van der Waals surface area contributed by atoms with Gasteiger partial charge in [0.2, 0.25) is 0 Å². The quantitative estimate of drug-likeness (QED) is 0.867. The lowest BCUT2D eigenvalue weighted by Crippen LogP contribution is -2.44. The summed E-state index contributed by atoms with van der Waals surface area (Å²) in [4.78, 5) is 12.5. The largest absolute Gasteiger partial charge is 0.387 e. The lowest BCUT2D eigenvalue weighted by molar-refractivity contribution is -0.183. The van der Waals surface area contributed by atoms with Crippen LogP contribution in [0.5, 0.6) is 0 Å². The summed E-state index contributed by atoms with van der Waals surface area (Å²) in [6.45, 7) is 6.91. The summed E-state index contributed by atoms with van der Waals surface area (Å²) in [6.07, 6.45) is 3.16. The van der Waals surface area contributed by atoms with Gasteiger partial charge < -0.3 is 20.3 Å². The third-order valence-electron chi connectivity index (χ3n) is 5.40. The van der Waals surface area contributed by atoms with Crippen LogP contribution in [0.15, 0.2) is 12.7 Å². The molecule has 2 aliphatic rings. The summed E-state index contributed by atoms with van der Waals surface area (Å²) in [5.74, 6) is 0.324. The number of imidazole rings is 1. The van der Waals surface area contributed by atoms with Gasteiger partial charge in [-0.1, -0.05) is 27.2 Å². The number of ether oxygens (including phenoxy) is 2. The third kappa shape index (κ3) is 2.13. The lowest BCUT2D eigenvalue weighted by Gasteiger charge is -2.37. The Balaban J connectivity index is 1.70. The molecule has 2 saturated heterocycles. The molecule has 0 radical (unpaired) electrons. The van der Waals surface area contributed by atoms with E-state index in [2.05, 4.69) is 35.7 Å². The zero-order valence-electron chi connectivity index (χ0n) is 14.1. The minimum atomic E-state index is -0.690. The van der Waals surface area contributed by atoms with E-state index in [0.717, 1.165) is 12.8 Å². The Bertz CT molecular complexity index is 776. The maximum absolute atomic E-state index is 10.8. The number of nitrogens with two attached hydrogens (primary N) is 1. The fourth-order valence-electron chi connectivity index (χ4n) is 3.77. The summed E-state index contributed by atoms with van der Waals surface area (Å²) in [5, 5.41) is 10.8. The molecule has 0 spiro atoms. The zero-order valence-corrected chi connectivity index (χ0v) is 14.1. The first kappa shape index (κ1) is 15.7. The van der Waals surface area contributed by atoms with Crippen molar-refractivity contribution >= 4 is 17.0 Å². The van der Waals surface area contributed by atoms with Gasteiger partial charge in [0.1, 0.15) is 29.7 Å². The maximum atomic E-state index is 10.8. The summed E-state index contributed by atoms with van der Waals surface area (Å²) in [7, 11) is 0. The second-order valence-corrected chi connectivity index (χ2v) is 7.57. The molecule has 3 N–H and O–H groups in total. The summed E-state index contributed by atoms with van der Waals surface area (Å²) < 4.78 is 14.0. The first-order chi connectivity index (χ1) is 11.4. The Kier molecular flexibility index (Phi) is 3.35. The van der Waals surface area contributed by atoms with E-state index >= 15 is 0 Å². The van der Waals surface area contributed by atoms with Gasteiger partial charge in [-0.3, -0.25) is 4.57 Å². The number of nitrogen functional groups attached to an aromatic ring is 1. The van der Waals surface area contributed by atoms with E-state index in [1.54, 1.807) is 10.9 Å². The highest BCUT2D eigenvalue weighted by atomic mass is 16.6. The molecule has 0 aromatic carbocycles. The number of anilines is 1. The Morgan fingerprint density at radius 3 is 2.96 bits per heavy atom. The molecule has 2 aliphatic heterocycles. The van der Waals surface area contributed by atoms with Crippen molar-refractivity contribution in [1.82, 2.24) is 19.5 Å². The molecule has 8 nitrogen and oxygen atoms in total. The normalized spacial score (nSPS) is 32.8. The minimum Gasteiger partial charge on any atom is -0.387 e. The maximum Gasteiger partial charge on any atom is 0.167 e. The first-order valence-electron chi connectivity index (χ1n) is 8.27. The van der Waals surface area contributed by atoms with E-state index in [0.29, 0.717) is 23.6 Å². The van der Waals surface area contributed by atoms with Gasteiger partial charge in [-0.2, -0.15) is 0 Å². The van der Waals surface area contributed by atoms with Gasteiger partial charge in [0.25, 0.3) is 0 Å². The molecule has 4 atom stereocenters. The highest BCUT2D eigenvalue weighted by molar-refractivity contribution is 5.81. The highest BCUT2D eigenvalue weighted by Gasteiger charge is 2.62. The van der Waals surface area contributed by atoms with Crippen LogP contribution >= 0.6 is 0 Å². The standard InChI is InChI=1S/C16H23N5O3/c1-4-15(2,3)5-16-6-23-10(11(16)22)14(24-16)21-8-20-9-12(17)18-7-19-13(9)21/h7-8,10-11,14,22H,4-6H2,1-3H3,(H2,17,18,19)/t10?,11?,14?,16-/m1/s1. The fourth-order valence-corrected chi connectivity index (χ4v) is 3.77. The van der Waals surface area contributed by atoms with Gasteiger partial charge in [0.05, 0.1) is 12.9 Å². The van der Waals surface area contributed by atoms with E-state index in [1.807, 2.05) is 0 Å². The van der Waals surface area contributed by atoms with Crippen molar-refractivity contribution in [2.45, 2.75) is 57.6 Å². The van der Waals surface area contributed by atoms with Gasteiger partial charge in [0.15, 0.2) is 17.7 Å². The smallest absolute Gasteiger partial charge is 0.167 e. The van der Waals surface area contributed by atoms with Crippen LogP contribution in [0, 0.1) is 5.41 Å². The molecule has 2 aromatic rings. The number of nitrogens with zero attached hydrogens (tertiary/aromatic N) is 4. The number of hydrogen-bond acceptors (Lipinski definition) is 7. The molecule has 2 fully saturated rings. The van der Waals surface area contributed by atoms with Crippen molar-refractivity contribution in [3.8, 4) is 0 Å². The molecule has 0 amide bonds. The van der Waals surface area contributed by atoms with Crippen molar-refractivity contribution in [2.75, 3.05) is 12.3 Å². The molecule has 0 saturated carbocycles. The van der Waals surface area contributed by atoms with E-state index in [1.165, 1.54) is 6.33 Å². The van der Waals surface area contributed by atoms with Crippen molar-refractivity contribution in [3.05, 3.63) is 12.7 Å². The van der Waals surface area contributed by atoms with Gasteiger partial charge in [-0.15, -0.1) is 0 Å². The molecule has 4 heterocycles. The second-order valence-electron chi connectivity index (χ2n) is 7.57. The van der Waals surface area contributed by atoms with Gasteiger partial charge >= 0.3 is 0 Å². The number of hydrogen-bond donors (Lipinski definition) is 2. The molecule has 3 unspecified atom stereocenters. The van der Waals surface area contributed by atoms with Gasteiger partial charge in [0, 0.05) is 0 Å². The first-order valence-corrected chi connectivity index (χ1v) is 8.27. The Morgan fingerprint density at radius 2 is 2.21 bits per heavy atom. The third-order valence-corrected chi connectivity index (χ3v) is 5.40. The van der Waals surface area contributed by atoms with Crippen LogP contribution < -0.4 is 5.73 Å². The topological polar surface area (TPSA) is 108 Å². The van der Waals surface area contributed by atoms with Crippen LogP contribution in [-0.2, 0) is 9.47 Å². The summed E-state index contributed by atoms with van der Waals surface area (Å²) in [5.41, 5.74) is 6.33. The molecular formula is C16H23N5O3. The Morgan fingerprint density at radius 1 is 1.42 bits per heavy atom. The molecule has 2 bridgehead atoms. The van der Waals surface area contributed by atoms with Gasteiger partial charge in [-0.05, 0) is 11.8 Å². The molecule has 4 rings (SSSR count). The second kappa shape index (κ2) is 5.11. The van der Waals surface area contributed by atoms with E-state index in [4.69, 9.17) is 15.2 Å². The van der Waals surface area contributed by atoms with Crippen molar-refractivity contribution in [1.29, 1.82) is 0 Å². The van der Waals surface area contributed by atoms with Crippen LogP contribution in [-0.4, -0.2) is 49.0 Å². The van der Waals surface area contributed by atoms with Crippen LogP contribution in [0.3, 0.4) is 0 Å². The lowest BCUT2D eigenvalue weighted by atomic mass is 9.77. The summed E-state index contributed by atoms with van der Waals surface area (Å²) >= 11 is 0. The number of aromatic nitrogens is 4. The highest BCUT2D eigenvalue weighted by Crippen LogP contribution is 2.50. The van der Waals surface area contributed by atoms with E-state index < -0.39 is 24.0 Å². The predicted molar refractivity (Wildman–Crippen MR) is 87.0 cm³/mol. The van der Waals surface area contributed by atoms with Crippen LogP contribution in [0.25, 0.3) is 11.2 Å². The molecule has 8 heteroatoms. The molecule has 130 valence electrons. The average molecular weight is 333 g/mol. The van der Waals surface area contributed by atoms with Crippen molar-refractivity contribution in [2.24, 2.45) is 5.41 Å². The Labute approximate surface area is 140 Å². The average Bonchev–Trinajstić information content (AvgIpc) is 3.17. The van der Waals surface area contributed by atoms with Crippen molar-refractivity contribution in [3.63, 3.8) is 0 Å². The number of rotatable bonds is 4. The fraction of sp³-hybridized carbons (Fsp3) is 0.688. The van der Waals surface area contributed by atoms with Crippen LogP contribution in [0.4, 0.5) is 5.82 Å².